The lowest BCUT2D eigenvalue weighted by molar-refractivity contribution is -0.147. The minimum atomic E-state index is -0.249. The van der Waals surface area contributed by atoms with E-state index in [9.17, 15) is 9.59 Å². The predicted molar refractivity (Wildman–Crippen MR) is 98.5 cm³/mol. The summed E-state index contributed by atoms with van der Waals surface area (Å²) in [5, 5.41) is 0. The summed E-state index contributed by atoms with van der Waals surface area (Å²) in [6.45, 7) is 4.05. The normalized spacial score (nSPS) is 20.8. The molecule has 1 aliphatic carbocycles. The summed E-state index contributed by atoms with van der Waals surface area (Å²) in [4.78, 5) is 26.3. The molecule has 4 heteroatoms. The van der Waals surface area contributed by atoms with Crippen molar-refractivity contribution in [2.45, 2.75) is 51.4 Å². The number of carbonyl (C=O) groups is 2. The molecule has 0 unspecified atom stereocenters. The highest BCUT2D eigenvalue weighted by molar-refractivity contribution is 5.94. The second-order valence-electron chi connectivity index (χ2n) is 7.71. The van der Waals surface area contributed by atoms with Crippen LogP contribution >= 0.6 is 0 Å². The van der Waals surface area contributed by atoms with Crippen LogP contribution in [0.4, 0.5) is 5.69 Å². The topological polar surface area (TPSA) is 46.6 Å². The SMILES string of the molecule is CN1/C(=C/C(=O)COC(=O)CC2CCCC2)C(C)(C)c2ccccc21. The van der Waals surface area contributed by atoms with Gasteiger partial charge in [-0.05, 0) is 30.4 Å². The Bertz CT molecular complexity index is 699. The lowest BCUT2D eigenvalue weighted by Crippen LogP contribution is -2.25. The van der Waals surface area contributed by atoms with E-state index in [1.807, 2.05) is 24.1 Å². The van der Waals surface area contributed by atoms with Gasteiger partial charge >= 0.3 is 5.97 Å². The number of fused-ring (bicyclic) bond motifs is 1. The van der Waals surface area contributed by atoms with E-state index in [1.54, 1.807) is 6.08 Å². The molecule has 1 saturated carbocycles. The van der Waals surface area contributed by atoms with Crippen LogP contribution in [0.25, 0.3) is 0 Å². The molecule has 0 radical (unpaired) electrons. The number of anilines is 1. The summed E-state index contributed by atoms with van der Waals surface area (Å²) >= 11 is 0. The molecular formula is C21H27NO3. The van der Waals surface area contributed by atoms with E-state index < -0.39 is 0 Å². The summed E-state index contributed by atoms with van der Waals surface area (Å²) < 4.78 is 5.20. The summed E-state index contributed by atoms with van der Waals surface area (Å²) in [5.41, 5.74) is 3.01. The molecule has 0 amide bonds. The molecule has 0 aromatic heterocycles. The van der Waals surface area contributed by atoms with Gasteiger partial charge in [-0.2, -0.15) is 0 Å². The van der Waals surface area contributed by atoms with Crippen LogP contribution in [0.3, 0.4) is 0 Å². The van der Waals surface area contributed by atoms with Gasteiger partial charge in [-0.15, -0.1) is 0 Å². The largest absolute Gasteiger partial charge is 0.457 e. The Balaban J connectivity index is 1.62. The maximum Gasteiger partial charge on any atom is 0.306 e. The standard InChI is InChI=1S/C21H27NO3/c1-21(2)17-10-6-7-11-18(17)22(3)19(21)13-16(23)14-25-20(24)12-15-8-4-5-9-15/h6-7,10-11,13,15H,4-5,8-9,12,14H2,1-3H3/b19-13+. The second-order valence-corrected chi connectivity index (χ2v) is 7.71. The minimum Gasteiger partial charge on any atom is -0.457 e. The number of hydrogen-bond donors (Lipinski definition) is 0. The quantitative estimate of drug-likeness (QED) is 0.600. The fraction of sp³-hybridized carbons (Fsp3) is 0.524. The Morgan fingerprint density at radius 3 is 2.60 bits per heavy atom. The van der Waals surface area contributed by atoms with Gasteiger partial charge in [0.05, 0.1) is 0 Å². The monoisotopic (exact) mass is 341 g/mol. The van der Waals surface area contributed by atoms with E-state index in [4.69, 9.17) is 4.74 Å². The van der Waals surface area contributed by atoms with Gasteiger partial charge < -0.3 is 9.64 Å². The summed E-state index contributed by atoms with van der Waals surface area (Å²) in [7, 11) is 1.97. The molecular weight excluding hydrogens is 314 g/mol. The number of para-hydroxylation sites is 1. The Labute approximate surface area is 149 Å². The molecule has 1 aromatic carbocycles. The number of nitrogens with zero attached hydrogens (tertiary/aromatic N) is 1. The molecule has 3 rings (SSSR count). The number of benzene rings is 1. The fourth-order valence-electron chi connectivity index (χ4n) is 4.11. The highest BCUT2D eigenvalue weighted by atomic mass is 16.5. The first kappa shape index (κ1) is 17.7. The van der Waals surface area contributed by atoms with Gasteiger partial charge in [-0.25, -0.2) is 0 Å². The fourth-order valence-corrected chi connectivity index (χ4v) is 4.11. The smallest absolute Gasteiger partial charge is 0.306 e. The number of hydrogen-bond acceptors (Lipinski definition) is 4. The molecule has 1 fully saturated rings. The van der Waals surface area contributed by atoms with E-state index in [1.165, 1.54) is 18.4 Å². The van der Waals surface area contributed by atoms with E-state index in [2.05, 4.69) is 26.0 Å². The van der Waals surface area contributed by atoms with Crippen molar-refractivity contribution in [1.82, 2.24) is 0 Å². The first-order chi connectivity index (χ1) is 11.9. The van der Waals surface area contributed by atoms with Crippen molar-refractivity contribution < 1.29 is 14.3 Å². The number of allylic oxidation sites excluding steroid dienone is 1. The average Bonchev–Trinajstić information content (AvgIpc) is 3.15. The Morgan fingerprint density at radius 2 is 1.92 bits per heavy atom. The Kier molecular flexibility index (Phi) is 4.98. The average molecular weight is 341 g/mol. The molecule has 0 bridgehead atoms. The highest BCUT2D eigenvalue weighted by Crippen LogP contribution is 2.46. The van der Waals surface area contributed by atoms with Crippen LogP contribution in [0, 0.1) is 5.92 Å². The molecule has 0 saturated heterocycles. The molecule has 1 heterocycles. The summed E-state index contributed by atoms with van der Waals surface area (Å²) in [6.07, 6.45) is 6.67. The third-order valence-corrected chi connectivity index (χ3v) is 5.54. The molecule has 1 aromatic rings. The van der Waals surface area contributed by atoms with E-state index in [0.717, 1.165) is 24.2 Å². The van der Waals surface area contributed by atoms with Crippen LogP contribution in [-0.4, -0.2) is 25.4 Å². The van der Waals surface area contributed by atoms with Crippen molar-refractivity contribution in [1.29, 1.82) is 0 Å². The zero-order valence-electron chi connectivity index (χ0n) is 15.4. The van der Waals surface area contributed by atoms with Crippen molar-refractivity contribution in [3.63, 3.8) is 0 Å². The van der Waals surface area contributed by atoms with Crippen molar-refractivity contribution in [3.8, 4) is 0 Å². The zero-order valence-corrected chi connectivity index (χ0v) is 15.4. The van der Waals surface area contributed by atoms with Gasteiger partial charge in [-0.3, -0.25) is 9.59 Å². The third-order valence-electron chi connectivity index (χ3n) is 5.54. The Morgan fingerprint density at radius 1 is 1.24 bits per heavy atom. The lowest BCUT2D eigenvalue weighted by Gasteiger charge is -2.23. The van der Waals surface area contributed by atoms with Gasteiger partial charge in [0.1, 0.15) is 0 Å². The molecule has 134 valence electrons. The van der Waals surface area contributed by atoms with E-state index in [-0.39, 0.29) is 23.8 Å². The van der Waals surface area contributed by atoms with E-state index >= 15 is 0 Å². The van der Waals surface area contributed by atoms with Crippen LogP contribution < -0.4 is 4.90 Å². The maximum absolute atomic E-state index is 12.3. The number of ketones is 1. The van der Waals surface area contributed by atoms with Gasteiger partial charge in [0.15, 0.2) is 12.4 Å². The Hall–Kier alpha value is -2.10. The van der Waals surface area contributed by atoms with Crippen LogP contribution in [-0.2, 0) is 19.7 Å². The van der Waals surface area contributed by atoms with Crippen molar-refractivity contribution >= 4 is 17.4 Å². The van der Waals surface area contributed by atoms with Crippen molar-refractivity contribution in [2.75, 3.05) is 18.6 Å². The number of likely N-dealkylation sites (N-methyl/N-ethyl adjacent to an activating group) is 1. The molecule has 1 aliphatic heterocycles. The van der Waals surface area contributed by atoms with Crippen molar-refractivity contribution in [3.05, 3.63) is 41.6 Å². The number of rotatable bonds is 5. The van der Waals surface area contributed by atoms with Gasteiger partial charge in [-0.1, -0.05) is 44.9 Å². The van der Waals surface area contributed by atoms with Gasteiger partial charge in [0, 0.05) is 36.3 Å². The van der Waals surface area contributed by atoms with Gasteiger partial charge in [0.25, 0.3) is 0 Å². The molecule has 0 spiro atoms. The first-order valence-corrected chi connectivity index (χ1v) is 9.13. The van der Waals surface area contributed by atoms with Crippen LogP contribution in [0.15, 0.2) is 36.0 Å². The molecule has 0 N–H and O–H groups in total. The van der Waals surface area contributed by atoms with Crippen LogP contribution in [0.2, 0.25) is 0 Å². The van der Waals surface area contributed by atoms with Crippen molar-refractivity contribution in [2.24, 2.45) is 5.92 Å². The van der Waals surface area contributed by atoms with Gasteiger partial charge in [0.2, 0.25) is 0 Å². The minimum absolute atomic E-state index is 0.164. The number of esters is 1. The summed E-state index contributed by atoms with van der Waals surface area (Å²) in [6, 6.07) is 8.17. The molecule has 0 atom stereocenters. The highest BCUT2D eigenvalue weighted by Gasteiger charge is 2.38. The van der Waals surface area contributed by atoms with Crippen LogP contribution in [0.5, 0.6) is 0 Å². The molecule has 4 nitrogen and oxygen atoms in total. The lowest BCUT2D eigenvalue weighted by atomic mass is 9.83. The third kappa shape index (κ3) is 3.63. The maximum atomic E-state index is 12.3. The van der Waals surface area contributed by atoms with E-state index in [0.29, 0.717) is 12.3 Å². The first-order valence-electron chi connectivity index (χ1n) is 9.13. The summed E-state index contributed by atoms with van der Waals surface area (Å²) in [5.74, 6) is 0.0267. The number of carbonyl (C=O) groups excluding carboxylic acids is 2. The molecule has 2 aliphatic rings. The predicted octanol–water partition coefficient (Wildman–Crippen LogP) is 3.99. The zero-order chi connectivity index (χ0) is 18.0. The van der Waals surface area contributed by atoms with Crippen LogP contribution in [0.1, 0.15) is 51.5 Å². The number of ether oxygens (including phenoxy) is 1. The second kappa shape index (κ2) is 7.03. The molecule has 25 heavy (non-hydrogen) atoms.